The number of carbonyl (C=O) groups excluding carboxylic acids is 1. The highest BCUT2D eigenvalue weighted by molar-refractivity contribution is 7.13. The molecular weight excluding hydrogens is 554 g/mol. The van der Waals surface area contributed by atoms with Crippen LogP contribution in [0.4, 0.5) is 5.82 Å². The average molecular weight is 584 g/mol. The zero-order valence-electron chi connectivity index (χ0n) is 23.5. The van der Waals surface area contributed by atoms with E-state index in [0.717, 1.165) is 10.4 Å². The van der Waals surface area contributed by atoms with Gasteiger partial charge in [0, 0.05) is 24.1 Å². The lowest BCUT2D eigenvalue weighted by Crippen LogP contribution is -2.22. The fourth-order valence-corrected chi connectivity index (χ4v) is 5.10. The largest absolute Gasteiger partial charge is 0.493 e. The van der Waals surface area contributed by atoms with Crippen molar-refractivity contribution in [2.45, 2.75) is 13.3 Å². The molecule has 42 heavy (non-hydrogen) atoms. The molecule has 0 unspecified atom stereocenters. The first kappa shape index (κ1) is 28.4. The van der Waals surface area contributed by atoms with Crippen molar-refractivity contribution in [1.29, 1.82) is 0 Å². The number of hydrogen-bond donors (Lipinski definition) is 2. The summed E-state index contributed by atoms with van der Waals surface area (Å²) in [5.41, 5.74) is 3.17. The van der Waals surface area contributed by atoms with Crippen LogP contribution in [0.1, 0.15) is 22.4 Å². The molecule has 1 amide bonds. The lowest BCUT2D eigenvalue weighted by molar-refractivity contribution is -0.111. The summed E-state index contributed by atoms with van der Waals surface area (Å²) in [5.74, 6) is 1.52. The number of amides is 1. The van der Waals surface area contributed by atoms with Gasteiger partial charge >= 0.3 is 0 Å². The van der Waals surface area contributed by atoms with E-state index in [-0.39, 0.29) is 11.5 Å². The minimum Gasteiger partial charge on any atom is -0.493 e. The van der Waals surface area contributed by atoms with Crippen molar-refractivity contribution in [2.75, 3.05) is 26.6 Å². The number of nitrogens with one attached hydrogen (secondary N) is 2. The van der Waals surface area contributed by atoms with Gasteiger partial charge in [0.15, 0.2) is 11.5 Å². The van der Waals surface area contributed by atoms with E-state index in [1.165, 1.54) is 43.4 Å². The van der Waals surface area contributed by atoms with Crippen molar-refractivity contribution in [3.63, 3.8) is 0 Å². The van der Waals surface area contributed by atoms with Gasteiger partial charge in [0.05, 0.1) is 31.9 Å². The Balaban J connectivity index is 1.46. The van der Waals surface area contributed by atoms with Gasteiger partial charge in [0.1, 0.15) is 11.5 Å². The number of aromatic amines is 1. The minimum atomic E-state index is -0.414. The van der Waals surface area contributed by atoms with Gasteiger partial charge in [-0.1, -0.05) is 36.4 Å². The molecule has 0 aliphatic heterocycles. The van der Waals surface area contributed by atoms with Crippen molar-refractivity contribution < 1.29 is 19.0 Å². The molecule has 3 aromatic heterocycles. The molecule has 0 saturated carbocycles. The summed E-state index contributed by atoms with van der Waals surface area (Å²) in [6.45, 7) is 1.79. The molecule has 11 heteroatoms. The van der Waals surface area contributed by atoms with Gasteiger partial charge in [-0.05, 0) is 47.7 Å². The van der Waals surface area contributed by atoms with E-state index in [2.05, 4.69) is 20.4 Å². The highest BCUT2D eigenvalue weighted by atomic mass is 32.1. The lowest BCUT2D eigenvalue weighted by Gasteiger charge is -2.12. The number of aromatic nitrogens is 4. The number of rotatable bonds is 10. The summed E-state index contributed by atoms with van der Waals surface area (Å²) in [7, 11) is 4.58. The Morgan fingerprint density at radius 1 is 1.02 bits per heavy atom. The predicted octanol–water partition coefficient (Wildman–Crippen LogP) is 5.26. The summed E-state index contributed by atoms with van der Waals surface area (Å²) in [6.07, 6.45) is 3.46. The van der Waals surface area contributed by atoms with Crippen LogP contribution < -0.4 is 25.1 Å². The van der Waals surface area contributed by atoms with Crippen LogP contribution in [0.15, 0.2) is 76.9 Å². The van der Waals surface area contributed by atoms with E-state index in [1.807, 2.05) is 47.8 Å². The molecule has 0 bridgehead atoms. The Morgan fingerprint density at radius 3 is 2.38 bits per heavy atom. The molecule has 0 aliphatic carbocycles. The van der Waals surface area contributed by atoms with Crippen LogP contribution in [0.25, 0.3) is 22.6 Å². The molecular formula is C31H29N5O5S. The van der Waals surface area contributed by atoms with Crippen LogP contribution in [0.5, 0.6) is 17.2 Å². The Labute approximate surface area is 246 Å². The van der Waals surface area contributed by atoms with Gasteiger partial charge in [-0.3, -0.25) is 14.6 Å². The Kier molecular flexibility index (Phi) is 8.49. The summed E-state index contributed by atoms with van der Waals surface area (Å²) >= 11 is 1.51. The lowest BCUT2D eigenvalue weighted by atomic mass is 10.1. The first-order valence-corrected chi connectivity index (χ1v) is 13.8. The second-order valence-electron chi connectivity index (χ2n) is 9.20. The molecule has 0 fully saturated rings. The SMILES string of the molecule is COc1cc(/C=C\C(=O)Nc2cc(-c3cccs3)nn2-c2nc(C)c(Cc3ccccc3)c(=O)[nH]2)cc(OC)c1OC. The molecule has 214 valence electrons. The molecule has 0 saturated heterocycles. The van der Waals surface area contributed by atoms with Crippen LogP contribution in [-0.4, -0.2) is 47.0 Å². The number of methoxy groups -OCH3 is 3. The summed E-state index contributed by atoms with van der Waals surface area (Å²) in [6, 6.07) is 18.8. The molecule has 0 atom stereocenters. The third kappa shape index (κ3) is 6.11. The number of thiophene rings is 1. The van der Waals surface area contributed by atoms with Crippen molar-refractivity contribution in [3.8, 4) is 33.8 Å². The molecule has 0 aliphatic rings. The third-order valence-electron chi connectivity index (χ3n) is 6.48. The van der Waals surface area contributed by atoms with E-state index in [9.17, 15) is 9.59 Å². The summed E-state index contributed by atoms with van der Waals surface area (Å²) in [5, 5.41) is 9.47. The zero-order chi connectivity index (χ0) is 29.6. The number of ether oxygens (including phenoxy) is 3. The molecule has 2 N–H and O–H groups in total. The maximum Gasteiger partial charge on any atom is 0.256 e. The normalized spacial score (nSPS) is 11.0. The predicted molar refractivity (Wildman–Crippen MR) is 163 cm³/mol. The summed E-state index contributed by atoms with van der Waals surface area (Å²) < 4.78 is 17.6. The first-order valence-electron chi connectivity index (χ1n) is 13.0. The van der Waals surface area contributed by atoms with Crippen LogP contribution in [0.3, 0.4) is 0 Å². The van der Waals surface area contributed by atoms with Crippen molar-refractivity contribution >= 4 is 29.1 Å². The van der Waals surface area contributed by atoms with Crippen molar-refractivity contribution in [3.05, 3.63) is 105 Å². The number of benzene rings is 2. The maximum atomic E-state index is 13.2. The van der Waals surface area contributed by atoms with Crippen molar-refractivity contribution in [1.82, 2.24) is 19.7 Å². The summed E-state index contributed by atoms with van der Waals surface area (Å²) in [4.78, 5) is 34.6. The molecule has 2 aromatic carbocycles. The fourth-order valence-electron chi connectivity index (χ4n) is 4.42. The van der Waals surface area contributed by atoms with Crippen LogP contribution in [0.2, 0.25) is 0 Å². The monoisotopic (exact) mass is 583 g/mol. The second kappa shape index (κ2) is 12.6. The Morgan fingerprint density at radius 2 is 1.76 bits per heavy atom. The number of aryl methyl sites for hydroxylation is 1. The van der Waals surface area contributed by atoms with E-state index in [0.29, 0.717) is 52.0 Å². The van der Waals surface area contributed by atoms with E-state index in [1.54, 1.807) is 31.2 Å². The molecule has 10 nitrogen and oxygen atoms in total. The number of carbonyl (C=O) groups is 1. The van der Waals surface area contributed by atoms with Gasteiger partial charge in [-0.2, -0.15) is 9.78 Å². The number of nitrogens with zero attached hydrogens (tertiary/aromatic N) is 3. The fraction of sp³-hybridized carbons (Fsp3) is 0.161. The molecule has 5 rings (SSSR count). The number of hydrogen-bond acceptors (Lipinski definition) is 8. The second-order valence-corrected chi connectivity index (χ2v) is 10.1. The van der Waals surface area contributed by atoms with Gasteiger partial charge in [0.25, 0.3) is 5.56 Å². The first-order chi connectivity index (χ1) is 20.4. The molecule has 5 aromatic rings. The van der Waals surface area contributed by atoms with Crippen molar-refractivity contribution in [2.24, 2.45) is 0 Å². The molecule has 3 heterocycles. The maximum absolute atomic E-state index is 13.2. The number of anilines is 1. The molecule has 0 radical (unpaired) electrons. The highest BCUT2D eigenvalue weighted by Gasteiger charge is 2.18. The zero-order valence-corrected chi connectivity index (χ0v) is 24.3. The van der Waals surface area contributed by atoms with E-state index in [4.69, 9.17) is 14.2 Å². The van der Waals surface area contributed by atoms with Crippen LogP contribution in [0, 0.1) is 6.92 Å². The van der Waals surface area contributed by atoms with E-state index >= 15 is 0 Å². The van der Waals surface area contributed by atoms with Gasteiger partial charge in [-0.25, -0.2) is 4.98 Å². The van der Waals surface area contributed by atoms with Gasteiger partial charge in [-0.15, -0.1) is 11.3 Å². The Hall–Kier alpha value is -5.16. The number of H-pyrrole nitrogens is 1. The highest BCUT2D eigenvalue weighted by Crippen LogP contribution is 2.38. The topological polar surface area (TPSA) is 120 Å². The smallest absolute Gasteiger partial charge is 0.256 e. The van der Waals surface area contributed by atoms with Crippen LogP contribution in [-0.2, 0) is 11.2 Å². The van der Waals surface area contributed by atoms with Crippen LogP contribution >= 0.6 is 11.3 Å². The molecule has 0 spiro atoms. The average Bonchev–Trinajstić information content (AvgIpc) is 3.68. The van der Waals surface area contributed by atoms with E-state index < -0.39 is 5.91 Å². The van der Waals surface area contributed by atoms with Gasteiger partial charge in [0.2, 0.25) is 17.6 Å². The minimum absolute atomic E-state index is 0.195. The van der Waals surface area contributed by atoms with Gasteiger partial charge < -0.3 is 19.5 Å². The quantitative estimate of drug-likeness (QED) is 0.215. The standard InChI is InChI=1S/C31H29N5O5S/c1-19-22(15-20-9-6-5-7-10-20)30(38)34-31(32-19)36-27(18-23(35-36)26-11-8-14-42-26)33-28(37)13-12-21-16-24(39-2)29(41-4)25(17-21)40-3/h5-14,16-18H,15H2,1-4H3,(H,33,37)(H,32,34,38)/b13-12-. The third-order valence-corrected chi connectivity index (χ3v) is 7.37. The Bertz CT molecular complexity index is 1770.